The third-order valence-corrected chi connectivity index (χ3v) is 7.42. The van der Waals surface area contributed by atoms with Gasteiger partial charge in [0, 0.05) is 0 Å². The molecule has 8 heteroatoms. The fraction of sp³-hybridized carbons (Fsp3) is 0.533. The molecule has 2 aromatic rings. The van der Waals surface area contributed by atoms with Crippen LogP contribution in [0.3, 0.4) is 0 Å². The number of carbonyl (C=O) groups is 2. The second kappa shape index (κ2) is 13.1. The van der Waals surface area contributed by atoms with Crippen LogP contribution in [0.25, 0.3) is 0 Å². The van der Waals surface area contributed by atoms with E-state index in [1.807, 2.05) is 12.1 Å². The van der Waals surface area contributed by atoms with Gasteiger partial charge >= 0.3 is 11.9 Å². The summed E-state index contributed by atoms with van der Waals surface area (Å²) in [5.41, 5.74) is 0.704. The minimum atomic E-state index is -0.387. The van der Waals surface area contributed by atoms with Crippen LogP contribution in [0.2, 0.25) is 0 Å². The van der Waals surface area contributed by atoms with E-state index in [-0.39, 0.29) is 22.8 Å². The Morgan fingerprint density at radius 2 is 1.08 bits per heavy atom. The highest BCUT2D eigenvalue weighted by molar-refractivity contribution is 5.93. The van der Waals surface area contributed by atoms with Gasteiger partial charge in [-0.15, -0.1) is 0 Å². The fourth-order valence-corrected chi connectivity index (χ4v) is 4.24. The van der Waals surface area contributed by atoms with Gasteiger partial charge in [0.15, 0.2) is 0 Å². The van der Waals surface area contributed by atoms with Crippen LogP contribution in [0, 0.1) is 10.8 Å². The van der Waals surface area contributed by atoms with Crippen molar-refractivity contribution in [1.29, 1.82) is 0 Å². The predicted molar refractivity (Wildman–Crippen MR) is 141 cm³/mol. The molecule has 0 bridgehead atoms. The molecule has 0 spiro atoms. The van der Waals surface area contributed by atoms with Gasteiger partial charge in [-0.25, -0.2) is 9.59 Å². The highest BCUT2D eigenvalue weighted by Crippen LogP contribution is 2.33. The summed E-state index contributed by atoms with van der Waals surface area (Å²) in [5.74, 6) is 0.232. The summed E-state index contributed by atoms with van der Waals surface area (Å²) in [6, 6.07) is 14.2. The zero-order chi connectivity index (χ0) is 26.8. The Morgan fingerprint density at radius 3 is 1.42 bits per heavy atom. The van der Waals surface area contributed by atoms with Crippen LogP contribution in [0.1, 0.15) is 60.2 Å². The van der Waals surface area contributed by atoms with Crippen molar-refractivity contribution >= 4 is 11.9 Å². The van der Waals surface area contributed by atoms with E-state index < -0.39 is 0 Å². The molecule has 2 saturated heterocycles. The highest BCUT2D eigenvalue weighted by atomic mass is 16.6. The maximum absolute atomic E-state index is 12.7. The molecule has 0 atom stereocenters. The van der Waals surface area contributed by atoms with E-state index in [9.17, 15) is 9.59 Å². The summed E-state index contributed by atoms with van der Waals surface area (Å²) in [6.07, 6.45) is 3.24. The molecule has 0 N–H and O–H groups in total. The number of carbonyl (C=O) groups excluding carboxylic acids is 2. The van der Waals surface area contributed by atoms with Crippen LogP contribution in [-0.2, 0) is 18.9 Å². The summed E-state index contributed by atoms with van der Waals surface area (Å²) in [7, 11) is 0. The second-order valence-electron chi connectivity index (χ2n) is 10.2. The van der Waals surface area contributed by atoms with Crippen molar-refractivity contribution in [3.63, 3.8) is 0 Å². The van der Waals surface area contributed by atoms with E-state index >= 15 is 0 Å². The van der Waals surface area contributed by atoms with Crippen LogP contribution < -0.4 is 9.47 Å². The van der Waals surface area contributed by atoms with Crippen molar-refractivity contribution in [1.82, 2.24) is 0 Å². The molecule has 0 amide bonds. The van der Waals surface area contributed by atoms with Gasteiger partial charge in [-0.05, 0) is 49.9 Å². The largest absolute Gasteiger partial charge is 0.493 e. The molecule has 2 aliphatic rings. The molecule has 206 valence electrons. The first-order valence-corrected chi connectivity index (χ1v) is 13.4. The van der Waals surface area contributed by atoms with E-state index in [1.165, 1.54) is 0 Å². The molecule has 2 aliphatic heterocycles. The summed E-state index contributed by atoms with van der Waals surface area (Å²) in [6.45, 7) is 8.18. The topological polar surface area (TPSA) is 89.5 Å². The number of para-hydroxylation sites is 2. The smallest absolute Gasteiger partial charge is 0.341 e. The molecule has 0 unspecified atom stereocenters. The average molecular weight is 527 g/mol. The summed E-state index contributed by atoms with van der Waals surface area (Å²) < 4.78 is 33.6. The van der Waals surface area contributed by atoms with E-state index in [1.54, 1.807) is 36.4 Å². The first-order chi connectivity index (χ1) is 18.5. The van der Waals surface area contributed by atoms with Gasteiger partial charge in [-0.1, -0.05) is 38.1 Å². The van der Waals surface area contributed by atoms with Crippen LogP contribution in [0.15, 0.2) is 48.5 Å². The SMILES string of the molecule is CCC1(COC(=O)c2ccccc2OCCCCOc2ccccc2C(=O)OCC2(CC)COC2)COC1. The van der Waals surface area contributed by atoms with Crippen molar-refractivity contribution in [2.75, 3.05) is 52.9 Å². The van der Waals surface area contributed by atoms with E-state index in [2.05, 4.69) is 13.8 Å². The van der Waals surface area contributed by atoms with Crippen LogP contribution in [0.4, 0.5) is 0 Å². The Hall–Kier alpha value is -3.10. The molecule has 0 aromatic heterocycles. The summed E-state index contributed by atoms with van der Waals surface area (Å²) >= 11 is 0. The Morgan fingerprint density at radius 1 is 0.684 bits per heavy atom. The minimum Gasteiger partial charge on any atom is -0.493 e. The van der Waals surface area contributed by atoms with Crippen molar-refractivity contribution in [3.05, 3.63) is 59.7 Å². The quantitative estimate of drug-likeness (QED) is 0.234. The normalized spacial score (nSPS) is 17.0. The molecule has 2 heterocycles. The third-order valence-electron chi connectivity index (χ3n) is 7.42. The molecule has 0 aliphatic carbocycles. The van der Waals surface area contributed by atoms with E-state index in [0.29, 0.717) is 88.3 Å². The molecule has 2 aromatic carbocycles. The zero-order valence-corrected chi connectivity index (χ0v) is 22.4. The van der Waals surface area contributed by atoms with Crippen LogP contribution >= 0.6 is 0 Å². The first kappa shape index (κ1) is 27.9. The number of hydrogen-bond donors (Lipinski definition) is 0. The monoisotopic (exact) mass is 526 g/mol. The number of hydrogen-bond acceptors (Lipinski definition) is 8. The molecular formula is C30H38O8. The lowest BCUT2D eigenvalue weighted by atomic mass is 9.84. The lowest BCUT2D eigenvalue weighted by Gasteiger charge is -2.39. The van der Waals surface area contributed by atoms with Gasteiger partial charge in [-0.2, -0.15) is 0 Å². The molecule has 2 fully saturated rings. The lowest BCUT2D eigenvalue weighted by molar-refractivity contribution is -0.140. The summed E-state index contributed by atoms with van der Waals surface area (Å²) in [4.78, 5) is 25.4. The maximum atomic E-state index is 12.7. The molecule has 0 radical (unpaired) electrons. The van der Waals surface area contributed by atoms with Crippen LogP contribution in [-0.4, -0.2) is 64.8 Å². The second-order valence-corrected chi connectivity index (χ2v) is 10.2. The predicted octanol–water partition coefficient (Wildman–Crippen LogP) is 5.09. The highest BCUT2D eigenvalue weighted by Gasteiger charge is 2.39. The molecular weight excluding hydrogens is 488 g/mol. The van der Waals surface area contributed by atoms with Crippen molar-refractivity contribution in [2.45, 2.75) is 39.5 Å². The van der Waals surface area contributed by atoms with Gasteiger partial charge in [0.05, 0.1) is 50.5 Å². The van der Waals surface area contributed by atoms with Crippen molar-refractivity contribution in [3.8, 4) is 11.5 Å². The minimum absolute atomic E-state index is 0.0654. The van der Waals surface area contributed by atoms with Crippen molar-refractivity contribution < 1.29 is 38.0 Å². The van der Waals surface area contributed by atoms with E-state index in [4.69, 9.17) is 28.4 Å². The molecule has 0 saturated carbocycles. The Labute approximate surface area is 224 Å². The van der Waals surface area contributed by atoms with Gasteiger partial charge in [0.25, 0.3) is 0 Å². The Balaban J connectivity index is 1.19. The van der Waals surface area contributed by atoms with Gasteiger partial charge in [0.1, 0.15) is 35.8 Å². The lowest BCUT2D eigenvalue weighted by Crippen LogP contribution is -2.46. The number of rotatable bonds is 15. The third kappa shape index (κ3) is 6.85. The van der Waals surface area contributed by atoms with Gasteiger partial charge < -0.3 is 28.4 Å². The standard InChI is InChI=1S/C30H38O8/c1-3-29(17-33-18-29)21-37-27(31)23-11-5-7-13-25(23)35-15-9-10-16-36-26-14-8-6-12-24(26)28(32)38-22-30(4-2)19-34-20-30/h5-8,11-14H,3-4,9-10,15-22H2,1-2H3. The Bertz CT molecular complexity index is 977. The average Bonchev–Trinajstić information content (AvgIpc) is 2.90. The number of benzene rings is 2. The zero-order valence-electron chi connectivity index (χ0n) is 22.4. The number of esters is 2. The molecule has 4 rings (SSSR count). The Kier molecular flexibility index (Phi) is 9.63. The van der Waals surface area contributed by atoms with Crippen molar-refractivity contribution in [2.24, 2.45) is 10.8 Å². The van der Waals surface area contributed by atoms with Gasteiger partial charge in [-0.3, -0.25) is 0 Å². The van der Waals surface area contributed by atoms with E-state index in [0.717, 1.165) is 12.8 Å². The number of unbranched alkanes of at least 4 members (excludes halogenated alkanes) is 1. The maximum Gasteiger partial charge on any atom is 0.341 e. The van der Waals surface area contributed by atoms with Gasteiger partial charge in [0.2, 0.25) is 0 Å². The molecule has 8 nitrogen and oxygen atoms in total. The first-order valence-electron chi connectivity index (χ1n) is 13.4. The summed E-state index contributed by atoms with van der Waals surface area (Å²) in [5, 5.41) is 0. The fourth-order valence-electron chi connectivity index (χ4n) is 4.24. The number of ether oxygens (including phenoxy) is 6. The molecule has 38 heavy (non-hydrogen) atoms. The van der Waals surface area contributed by atoms with Crippen LogP contribution in [0.5, 0.6) is 11.5 Å².